The molecule has 27 heavy (non-hydrogen) atoms. The molecule has 5 heteroatoms. The molecule has 138 valence electrons. The van der Waals surface area contributed by atoms with Crippen LogP contribution < -0.4 is 0 Å². The Morgan fingerprint density at radius 1 is 0.852 bits per heavy atom. The standard InChI is InChI=1S/C22H25N5/c1-24-11-13-25(14-12-24)15-16-26-21(18-7-3-2-4-8-18)17-27-20-10-6-5-9-19(20)23-22(26)27/h2-10,17H,11-16H2,1H3. The molecule has 2 aromatic carbocycles. The van der Waals surface area contributed by atoms with E-state index in [1.54, 1.807) is 0 Å². The van der Waals surface area contributed by atoms with Crippen LogP contribution in [0.5, 0.6) is 0 Å². The van der Waals surface area contributed by atoms with Gasteiger partial charge in [-0.05, 0) is 24.7 Å². The van der Waals surface area contributed by atoms with E-state index < -0.39 is 0 Å². The molecule has 1 aliphatic rings. The lowest BCUT2D eigenvalue weighted by Crippen LogP contribution is -2.45. The highest BCUT2D eigenvalue weighted by Gasteiger charge is 2.18. The Kier molecular flexibility index (Phi) is 4.19. The Morgan fingerprint density at radius 2 is 1.59 bits per heavy atom. The van der Waals surface area contributed by atoms with Crippen molar-refractivity contribution in [1.82, 2.24) is 23.8 Å². The highest BCUT2D eigenvalue weighted by molar-refractivity contribution is 5.81. The molecular weight excluding hydrogens is 334 g/mol. The molecule has 0 unspecified atom stereocenters. The summed E-state index contributed by atoms with van der Waals surface area (Å²) in [5, 5.41) is 0. The summed E-state index contributed by atoms with van der Waals surface area (Å²) in [6.45, 7) is 6.60. The second kappa shape index (κ2) is 6.83. The zero-order chi connectivity index (χ0) is 18.2. The fraction of sp³-hybridized carbons (Fsp3) is 0.318. The quantitative estimate of drug-likeness (QED) is 0.560. The fourth-order valence-corrected chi connectivity index (χ4v) is 4.02. The van der Waals surface area contributed by atoms with E-state index >= 15 is 0 Å². The van der Waals surface area contributed by atoms with Crippen molar-refractivity contribution in [2.45, 2.75) is 6.54 Å². The average molecular weight is 359 g/mol. The normalized spacial score (nSPS) is 16.5. The van der Waals surface area contributed by atoms with Crippen molar-refractivity contribution < 1.29 is 0 Å². The molecule has 2 aromatic heterocycles. The number of piperazine rings is 1. The molecule has 0 bridgehead atoms. The van der Waals surface area contributed by atoms with Crippen LogP contribution in [0.15, 0.2) is 60.8 Å². The van der Waals surface area contributed by atoms with Crippen molar-refractivity contribution >= 4 is 16.8 Å². The van der Waals surface area contributed by atoms with Gasteiger partial charge in [-0.15, -0.1) is 0 Å². The van der Waals surface area contributed by atoms with Gasteiger partial charge in [0.1, 0.15) is 0 Å². The zero-order valence-corrected chi connectivity index (χ0v) is 15.8. The van der Waals surface area contributed by atoms with E-state index in [-0.39, 0.29) is 0 Å². The molecule has 1 aliphatic heterocycles. The number of nitrogens with zero attached hydrogens (tertiary/aromatic N) is 5. The number of fused-ring (bicyclic) bond motifs is 3. The monoisotopic (exact) mass is 359 g/mol. The number of benzene rings is 2. The lowest BCUT2D eigenvalue weighted by atomic mass is 10.1. The molecule has 0 saturated carbocycles. The topological polar surface area (TPSA) is 28.7 Å². The van der Waals surface area contributed by atoms with Crippen molar-refractivity contribution in [2.24, 2.45) is 0 Å². The summed E-state index contributed by atoms with van der Waals surface area (Å²) in [6.07, 6.45) is 2.24. The number of hydrogen-bond donors (Lipinski definition) is 0. The van der Waals surface area contributed by atoms with Crippen molar-refractivity contribution in [3.8, 4) is 11.3 Å². The number of hydrogen-bond acceptors (Lipinski definition) is 3. The minimum absolute atomic E-state index is 0.952. The van der Waals surface area contributed by atoms with Crippen LogP contribution in [0, 0.1) is 0 Å². The largest absolute Gasteiger partial charge is 0.308 e. The molecular formula is C22H25N5. The maximum atomic E-state index is 4.94. The van der Waals surface area contributed by atoms with Crippen LogP contribution in [0.1, 0.15) is 0 Å². The molecule has 0 N–H and O–H groups in total. The Morgan fingerprint density at radius 3 is 2.41 bits per heavy atom. The Balaban J connectivity index is 1.55. The number of imidazole rings is 2. The molecule has 0 spiro atoms. The van der Waals surface area contributed by atoms with Crippen LogP contribution in [0.2, 0.25) is 0 Å². The molecule has 5 nitrogen and oxygen atoms in total. The smallest absolute Gasteiger partial charge is 0.215 e. The van der Waals surface area contributed by atoms with E-state index in [9.17, 15) is 0 Å². The van der Waals surface area contributed by atoms with Gasteiger partial charge < -0.3 is 9.47 Å². The van der Waals surface area contributed by atoms with Crippen molar-refractivity contribution in [3.63, 3.8) is 0 Å². The van der Waals surface area contributed by atoms with Crippen LogP contribution >= 0.6 is 0 Å². The minimum atomic E-state index is 0.952. The Labute approximate surface area is 159 Å². The number of rotatable bonds is 4. The van der Waals surface area contributed by atoms with Crippen LogP contribution in [-0.2, 0) is 6.54 Å². The summed E-state index contributed by atoms with van der Waals surface area (Å²) in [6, 6.07) is 19.0. The highest BCUT2D eigenvalue weighted by Crippen LogP contribution is 2.26. The predicted octanol–water partition coefficient (Wildman–Crippen LogP) is 3.20. The van der Waals surface area contributed by atoms with Crippen molar-refractivity contribution in [1.29, 1.82) is 0 Å². The van der Waals surface area contributed by atoms with Gasteiger partial charge in [0.05, 0.1) is 16.7 Å². The second-order valence-electron chi connectivity index (χ2n) is 7.45. The van der Waals surface area contributed by atoms with Gasteiger partial charge in [0.2, 0.25) is 5.78 Å². The SMILES string of the molecule is CN1CCN(CCn2c(-c3ccccc3)cn3c4ccccc4nc23)CC1. The van der Waals surface area contributed by atoms with Crippen LogP contribution in [-0.4, -0.2) is 63.5 Å². The highest BCUT2D eigenvalue weighted by atomic mass is 15.3. The third-order valence-electron chi connectivity index (χ3n) is 5.67. The summed E-state index contributed by atoms with van der Waals surface area (Å²) in [4.78, 5) is 9.90. The lowest BCUT2D eigenvalue weighted by Gasteiger charge is -2.32. The summed E-state index contributed by atoms with van der Waals surface area (Å²) < 4.78 is 4.62. The van der Waals surface area contributed by atoms with Gasteiger partial charge in [0.15, 0.2) is 0 Å². The summed E-state index contributed by atoms with van der Waals surface area (Å²) in [5.41, 5.74) is 4.70. The molecule has 1 fully saturated rings. The molecule has 0 amide bonds. The maximum Gasteiger partial charge on any atom is 0.215 e. The van der Waals surface area contributed by atoms with E-state index in [1.165, 1.54) is 16.8 Å². The molecule has 0 radical (unpaired) electrons. The second-order valence-corrected chi connectivity index (χ2v) is 7.45. The van der Waals surface area contributed by atoms with Crippen molar-refractivity contribution in [3.05, 3.63) is 60.8 Å². The average Bonchev–Trinajstić information content (AvgIpc) is 3.24. The van der Waals surface area contributed by atoms with Gasteiger partial charge in [-0.3, -0.25) is 9.30 Å². The van der Waals surface area contributed by atoms with Gasteiger partial charge in [-0.2, -0.15) is 0 Å². The third-order valence-corrected chi connectivity index (χ3v) is 5.67. The number of para-hydroxylation sites is 2. The molecule has 0 atom stereocenters. The van der Waals surface area contributed by atoms with Crippen molar-refractivity contribution in [2.75, 3.05) is 39.8 Å². The molecule has 5 rings (SSSR count). The Hall–Kier alpha value is -2.63. The zero-order valence-electron chi connectivity index (χ0n) is 15.8. The molecule has 3 heterocycles. The van der Waals surface area contributed by atoms with Gasteiger partial charge in [0.25, 0.3) is 0 Å². The number of aromatic nitrogens is 3. The Bertz CT molecular complexity index is 1050. The first-order valence-corrected chi connectivity index (χ1v) is 9.72. The van der Waals surface area contributed by atoms with E-state index in [4.69, 9.17) is 4.98 Å². The first-order chi connectivity index (χ1) is 13.3. The van der Waals surface area contributed by atoms with E-state index in [1.807, 2.05) is 0 Å². The maximum absolute atomic E-state index is 4.94. The summed E-state index contributed by atoms with van der Waals surface area (Å²) >= 11 is 0. The van der Waals surface area contributed by atoms with Gasteiger partial charge in [-0.25, -0.2) is 4.98 Å². The van der Waals surface area contributed by atoms with Gasteiger partial charge in [-0.1, -0.05) is 42.5 Å². The predicted molar refractivity (Wildman–Crippen MR) is 110 cm³/mol. The lowest BCUT2D eigenvalue weighted by molar-refractivity contribution is 0.150. The first-order valence-electron chi connectivity index (χ1n) is 9.72. The van der Waals surface area contributed by atoms with Crippen LogP contribution in [0.3, 0.4) is 0 Å². The summed E-state index contributed by atoms with van der Waals surface area (Å²) in [5.74, 6) is 1.03. The molecule has 1 saturated heterocycles. The third kappa shape index (κ3) is 3.03. The van der Waals surface area contributed by atoms with Crippen LogP contribution in [0.4, 0.5) is 0 Å². The first kappa shape index (κ1) is 16.5. The van der Waals surface area contributed by atoms with E-state index in [0.717, 1.165) is 50.6 Å². The molecule has 4 aromatic rings. The van der Waals surface area contributed by atoms with E-state index in [2.05, 4.69) is 86.6 Å². The number of likely N-dealkylation sites (N-methyl/N-ethyl adjacent to an activating group) is 1. The van der Waals surface area contributed by atoms with E-state index in [0.29, 0.717) is 0 Å². The minimum Gasteiger partial charge on any atom is -0.308 e. The van der Waals surface area contributed by atoms with Crippen LogP contribution in [0.25, 0.3) is 28.1 Å². The van der Waals surface area contributed by atoms with Gasteiger partial charge in [0, 0.05) is 45.5 Å². The van der Waals surface area contributed by atoms with Gasteiger partial charge >= 0.3 is 0 Å². The summed E-state index contributed by atoms with van der Waals surface area (Å²) in [7, 11) is 2.20. The fourth-order valence-electron chi connectivity index (χ4n) is 4.02. The molecule has 0 aliphatic carbocycles.